The molecule has 1 saturated heterocycles. The Bertz CT molecular complexity index is 942. The number of likely N-dealkylation sites (tertiary alicyclic amines) is 1. The second-order valence-electron chi connectivity index (χ2n) is 7.11. The van der Waals surface area contributed by atoms with E-state index in [1.54, 1.807) is 30.3 Å². The number of rotatable bonds is 5. The maximum atomic E-state index is 12.4. The Kier molecular flexibility index (Phi) is 5.04. The van der Waals surface area contributed by atoms with E-state index in [0.29, 0.717) is 29.1 Å². The maximum absolute atomic E-state index is 12.4. The molecule has 2 aromatic rings. The predicted octanol–water partition coefficient (Wildman–Crippen LogP) is 1.86. The molecule has 2 aliphatic heterocycles. The summed E-state index contributed by atoms with van der Waals surface area (Å²) in [5.74, 6) is -0.919. The third-order valence-electron chi connectivity index (χ3n) is 5.27. The number of pyridine rings is 1. The molecule has 1 unspecified atom stereocenters. The van der Waals surface area contributed by atoms with Gasteiger partial charge >= 0.3 is 0 Å². The highest BCUT2D eigenvalue weighted by Gasteiger charge is 2.33. The van der Waals surface area contributed by atoms with Crippen molar-refractivity contribution in [1.82, 2.24) is 15.2 Å². The van der Waals surface area contributed by atoms with Crippen molar-refractivity contribution in [3.63, 3.8) is 0 Å². The molecule has 2 N–H and O–H groups in total. The molecule has 7 nitrogen and oxygen atoms in total. The van der Waals surface area contributed by atoms with Crippen LogP contribution in [-0.4, -0.2) is 47.9 Å². The first kappa shape index (κ1) is 18.1. The molecule has 0 bridgehead atoms. The van der Waals surface area contributed by atoms with Gasteiger partial charge in [-0.05, 0) is 61.8 Å². The molecule has 0 spiro atoms. The molecule has 7 heteroatoms. The van der Waals surface area contributed by atoms with Gasteiger partial charge in [0, 0.05) is 25.0 Å². The molecular weight excluding hydrogens is 354 g/mol. The fourth-order valence-electron chi connectivity index (χ4n) is 3.77. The number of benzene rings is 1. The lowest BCUT2D eigenvalue weighted by molar-refractivity contribution is -0.116. The lowest BCUT2D eigenvalue weighted by Crippen LogP contribution is -2.33. The molecule has 28 heavy (non-hydrogen) atoms. The van der Waals surface area contributed by atoms with Crippen molar-refractivity contribution in [3.05, 3.63) is 58.9 Å². The number of fused-ring (bicyclic) bond motifs is 1. The molecule has 3 heterocycles. The predicted molar refractivity (Wildman–Crippen MR) is 104 cm³/mol. The van der Waals surface area contributed by atoms with Crippen molar-refractivity contribution in [2.24, 2.45) is 0 Å². The van der Waals surface area contributed by atoms with E-state index in [0.717, 1.165) is 25.2 Å². The van der Waals surface area contributed by atoms with Crippen LogP contribution in [0.1, 0.15) is 45.9 Å². The third kappa shape index (κ3) is 3.59. The van der Waals surface area contributed by atoms with Crippen LogP contribution in [0.3, 0.4) is 0 Å². The van der Waals surface area contributed by atoms with Crippen LogP contribution in [-0.2, 0) is 4.79 Å². The van der Waals surface area contributed by atoms with Crippen LogP contribution >= 0.6 is 0 Å². The fraction of sp³-hybridized carbons (Fsp3) is 0.333. The topological polar surface area (TPSA) is 98.1 Å². The largest absolute Gasteiger partial charge is 0.351 e. The number of carbonyl (C=O) groups is 2. The molecule has 0 aliphatic carbocycles. The molecule has 1 atom stereocenters. The summed E-state index contributed by atoms with van der Waals surface area (Å²) in [5.41, 5.74) is 2.95. The van der Waals surface area contributed by atoms with Crippen LogP contribution in [0.4, 0.5) is 5.69 Å². The van der Waals surface area contributed by atoms with Gasteiger partial charge in [-0.3, -0.25) is 14.6 Å². The van der Waals surface area contributed by atoms with Crippen molar-refractivity contribution in [3.8, 4) is 6.07 Å². The van der Waals surface area contributed by atoms with Crippen molar-refractivity contribution >= 4 is 17.5 Å². The summed E-state index contributed by atoms with van der Waals surface area (Å²) >= 11 is 0. The Balaban J connectivity index is 1.44. The van der Waals surface area contributed by atoms with E-state index in [1.165, 1.54) is 19.0 Å². The van der Waals surface area contributed by atoms with Crippen LogP contribution in [0.5, 0.6) is 0 Å². The van der Waals surface area contributed by atoms with Crippen molar-refractivity contribution in [1.29, 1.82) is 5.26 Å². The van der Waals surface area contributed by atoms with Crippen molar-refractivity contribution in [2.45, 2.75) is 18.8 Å². The van der Waals surface area contributed by atoms with Crippen molar-refractivity contribution < 1.29 is 9.59 Å². The smallest absolute Gasteiger partial charge is 0.252 e. The lowest BCUT2D eigenvalue weighted by Gasteiger charge is -2.14. The van der Waals surface area contributed by atoms with Gasteiger partial charge in [0.25, 0.3) is 5.91 Å². The summed E-state index contributed by atoms with van der Waals surface area (Å²) in [6.07, 6.45) is 3.96. The third-order valence-corrected chi connectivity index (χ3v) is 5.27. The van der Waals surface area contributed by atoms with E-state index >= 15 is 0 Å². The number of aromatic nitrogens is 1. The van der Waals surface area contributed by atoms with E-state index in [-0.39, 0.29) is 11.8 Å². The van der Waals surface area contributed by atoms with E-state index < -0.39 is 5.92 Å². The summed E-state index contributed by atoms with van der Waals surface area (Å²) in [5, 5.41) is 14.8. The van der Waals surface area contributed by atoms with Gasteiger partial charge < -0.3 is 15.5 Å². The van der Waals surface area contributed by atoms with Crippen LogP contribution < -0.4 is 10.6 Å². The minimum Gasteiger partial charge on any atom is -0.351 e. The lowest BCUT2D eigenvalue weighted by atomic mass is 9.95. The molecular formula is C21H21N5O2. The quantitative estimate of drug-likeness (QED) is 0.831. The van der Waals surface area contributed by atoms with Crippen LogP contribution in [0.2, 0.25) is 0 Å². The molecule has 142 valence electrons. The minimum atomic E-state index is -0.574. The zero-order valence-corrected chi connectivity index (χ0v) is 15.4. The van der Waals surface area contributed by atoms with Gasteiger partial charge in [0.1, 0.15) is 5.92 Å². The highest BCUT2D eigenvalue weighted by molar-refractivity contribution is 6.05. The number of nitrogens with zero attached hydrogens (tertiary/aromatic N) is 3. The second kappa shape index (κ2) is 7.79. The highest BCUT2D eigenvalue weighted by Crippen LogP contribution is 2.36. The average Bonchev–Trinajstić information content (AvgIpc) is 3.34. The zero-order valence-electron chi connectivity index (χ0n) is 15.4. The minimum absolute atomic E-state index is 0.165. The van der Waals surface area contributed by atoms with Gasteiger partial charge in [0.2, 0.25) is 5.91 Å². The summed E-state index contributed by atoms with van der Waals surface area (Å²) in [4.78, 5) is 31.4. The molecule has 2 aliphatic rings. The molecule has 1 fully saturated rings. The molecule has 2 amide bonds. The summed E-state index contributed by atoms with van der Waals surface area (Å²) in [6.45, 7) is 3.67. The van der Waals surface area contributed by atoms with Gasteiger partial charge in [0.05, 0.1) is 22.9 Å². The average molecular weight is 375 g/mol. The number of nitrogens with one attached hydrogen (secondary N) is 2. The Hall–Kier alpha value is -3.24. The van der Waals surface area contributed by atoms with E-state index in [2.05, 4.69) is 26.6 Å². The van der Waals surface area contributed by atoms with Gasteiger partial charge in [-0.2, -0.15) is 5.26 Å². The number of nitriles is 1. The van der Waals surface area contributed by atoms with Gasteiger partial charge in [-0.1, -0.05) is 0 Å². The number of hydrogen-bond donors (Lipinski definition) is 2. The van der Waals surface area contributed by atoms with Gasteiger partial charge in [-0.25, -0.2) is 0 Å². The fourth-order valence-corrected chi connectivity index (χ4v) is 3.77. The zero-order chi connectivity index (χ0) is 19.5. The van der Waals surface area contributed by atoms with E-state index in [1.807, 2.05) is 0 Å². The SMILES string of the molecule is N#Cc1ccc2c(c1)C(c1ccc(C(=O)NCCN3CCCC3)cn1)C(=O)N2. The molecule has 0 saturated carbocycles. The summed E-state index contributed by atoms with van der Waals surface area (Å²) in [7, 11) is 0. The maximum Gasteiger partial charge on any atom is 0.252 e. The molecule has 4 rings (SSSR count). The first-order valence-electron chi connectivity index (χ1n) is 9.47. The molecule has 1 aromatic carbocycles. The normalized spacial score (nSPS) is 18.4. The summed E-state index contributed by atoms with van der Waals surface area (Å²) < 4.78 is 0. The highest BCUT2D eigenvalue weighted by atomic mass is 16.2. The summed E-state index contributed by atoms with van der Waals surface area (Å²) in [6, 6.07) is 10.6. The van der Waals surface area contributed by atoms with Crippen LogP contribution in [0, 0.1) is 11.3 Å². The molecule has 0 radical (unpaired) electrons. The Morgan fingerprint density at radius 3 is 2.82 bits per heavy atom. The van der Waals surface area contributed by atoms with Gasteiger partial charge in [0.15, 0.2) is 0 Å². The van der Waals surface area contributed by atoms with E-state index in [9.17, 15) is 9.59 Å². The van der Waals surface area contributed by atoms with Crippen LogP contribution in [0.15, 0.2) is 36.5 Å². The van der Waals surface area contributed by atoms with Crippen molar-refractivity contribution in [2.75, 3.05) is 31.5 Å². The first-order chi connectivity index (χ1) is 13.7. The standard InChI is InChI=1S/C21H21N5O2/c22-12-14-3-5-17-16(11-14)19(21(28)25-17)18-6-4-15(13-24-18)20(27)23-7-10-26-8-1-2-9-26/h3-6,11,13,19H,1-2,7-10H2,(H,23,27)(H,25,28). The number of hydrogen-bond acceptors (Lipinski definition) is 5. The monoisotopic (exact) mass is 375 g/mol. The van der Waals surface area contributed by atoms with Crippen LogP contribution in [0.25, 0.3) is 0 Å². The number of amides is 2. The number of anilines is 1. The Labute approximate surface area is 163 Å². The second-order valence-corrected chi connectivity index (χ2v) is 7.11. The number of carbonyl (C=O) groups excluding carboxylic acids is 2. The van der Waals surface area contributed by atoms with Gasteiger partial charge in [-0.15, -0.1) is 0 Å². The molecule has 1 aromatic heterocycles. The first-order valence-corrected chi connectivity index (χ1v) is 9.47. The Morgan fingerprint density at radius 2 is 2.11 bits per heavy atom. The Morgan fingerprint density at radius 1 is 1.29 bits per heavy atom. The van der Waals surface area contributed by atoms with E-state index in [4.69, 9.17) is 5.26 Å².